The predicted octanol–water partition coefficient (Wildman–Crippen LogP) is 2.40. The fourth-order valence-electron chi connectivity index (χ4n) is 2.68. The van der Waals surface area contributed by atoms with Gasteiger partial charge in [-0.2, -0.15) is 0 Å². The first-order valence-electron chi connectivity index (χ1n) is 8.13. The Morgan fingerprint density at radius 1 is 1.42 bits per heavy atom. The molecule has 2 heterocycles. The van der Waals surface area contributed by atoms with Gasteiger partial charge in [-0.05, 0) is 32.4 Å². The number of carbonyl (C=O) groups excluding carboxylic acids is 1. The fraction of sp³-hybridized carbons (Fsp3) is 0.444. The number of hydrogen-bond acceptors (Lipinski definition) is 5. The molecule has 0 saturated heterocycles. The van der Waals surface area contributed by atoms with Gasteiger partial charge < -0.3 is 10.1 Å². The smallest absolute Gasteiger partial charge is 0.234 e. The van der Waals surface area contributed by atoms with Crippen LogP contribution in [0.25, 0.3) is 0 Å². The van der Waals surface area contributed by atoms with E-state index in [2.05, 4.69) is 21.7 Å². The zero-order valence-electron chi connectivity index (χ0n) is 14.3. The van der Waals surface area contributed by atoms with Crippen LogP contribution >= 0.6 is 11.3 Å². The van der Waals surface area contributed by atoms with E-state index >= 15 is 0 Å². The average molecular weight is 345 g/mol. The third kappa shape index (κ3) is 3.94. The first kappa shape index (κ1) is 16.9. The Hall–Kier alpha value is -1.92. The van der Waals surface area contributed by atoms with Crippen LogP contribution in [0.15, 0.2) is 29.6 Å². The highest BCUT2D eigenvalue weighted by Crippen LogP contribution is 2.27. The second-order valence-corrected chi connectivity index (χ2v) is 7.49. The molecule has 2 aromatic rings. The van der Waals surface area contributed by atoms with E-state index in [4.69, 9.17) is 4.74 Å². The van der Waals surface area contributed by atoms with Gasteiger partial charge in [-0.25, -0.2) is 4.98 Å². The molecule has 1 aliphatic rings. The molecule has 1 aliphatic heterocycles. The monoisotopic (exact) mass is 345 g/mol. The van der Waals surface area contributed by atoms with Crippen LogP contribution < -0.4 is 15.4 Å². The van der Waals surface area contributed by atoms with Crippen molar-refractivity contribution >= 4 is 17.2 Å². The molecule has 24 heavy (non-hydrogen) atoms. The summed E-state index contributed by atoms with van der Waals surface area (Å²) in [7, 11) is 0. The van der Waals surface area contributed by atoms with Crippen LogP contribution in [0.2, 0.25) is 0 Å². The molecule has 1 aromatic heterocycles. The lowest BCUT2D eigenvalue weighted by molar-refractivity contribution is -0.120. The van der Waals surface area contributed by atoms with Gasteiger partial charge in [-0.1, -0.05) is 18.2 Å². The maximum absolute atomic E-state index is 12.1. The van der Waals surface area contributed by atoms with Crippen molar-refractivity contribution in [2.45, 2.75) is 38.8 Å². The van der Waals surface area contributed by atoms with Crippen LogP contribution in [0, 0.1) is 6.92 Å². The average Bonchev–Trinajstić information content (AvgIpc) is 3.17. The number of nitrogens with zero attached hydrogens (tertiary/aromatic N) is 1. The second-order valence-electron chi connectivity index (χ2n) is 6.63. The molecule has 0 aliphatic carbocycles. The molecule has 0 bridgehead atoms. The summed E-state index contributed by atoms with van der Waals surface area (Å²) in [6, 6.07) is 8.01. The van der Waals surface area contributed by atoms with E-state index in [1.54, 1.807) is 11.3 Å². The van der Waals surface area contributed by atoms with E-state index in [1.807, 2.05) is 44.4 Å². The van der Waals surface area contributed by atoms with Crippen molar-refractivity contribution in [1.82, 2.24) is 15.6 Å². The maximum Gasteiger partial charge on any atom is 0.234 e. The fourth-order valence-corrected chi connectivity index (χ4v) is 3.57. The topological polar surface area (TPSA) is 63.2 Å². The number of aromatic nitrogens is 1. The molecule has 0 radical (unpaired) electrons. The van der Waals surface area contributed by atoms with E-state index in [0.717, 1.165) is 22.9 Å². The summed E-state index contributed by atoms with van der Waals surface area (Å²) in [5, 5.41) is 9.23. The van der Waals surface area contributed by atoms with Crippen LogP contribution in [0.1, 0.15) is 30.1 Å². The number of para-hydroxylation sites is 1. The molecular weight excluding hydrogens is 322 g/mol. The van der Waals surface area contributed by atoms with E-state index < -0.39 is 0 Å². The van der Waals surface area contributed by atoms with Crippen LogP contribution in [0.3, 0.4) is 0 Å². The van der Waals surface area contributed by atoms with E-state index in [1.165, 1.54) is 5.56 Å². The molecule has 6 heteroatoms. The van der Waals surface area contributed by atoms with E-state index in [-0.39, 0.29) is 24.1 Å². The third-order valence-electron chi connectivity index (χ3n) is 4.09. The van der Waals surface area contributed by atoms with Gasteiger partial charge in [-0.3, -0.25) is 10.1 Å². The molecule has 2 N–H and O–H groups in total. The van der Waals surface area contributed by atoms with Crippen LogP contribution in [-0.2, 0) is 16.8 Å². The number of nitrogens with one attached hydrogen (secondary N) is 2. The number of carbonyl (C=O) groups is 1. The van der Waals surface area contributed by atoms with Crippen LogP contribution in [-0.4, -0.2) is 30.1 Å². The number of thiazole rings is 1. The number of fused-ring (bicyclic) bond motifs is 1. The number of rotatable bonds is 6. The van der Waals surface area contributed by atoms with Crippen LogP contribution in [0.4, 0.5) is 0 Å². The molecule has 1 unspecified atom stereocenters. The summed E-state index contributed by atoms with van der Waals surface area (Å²) in [6.45, 7) is 6.82. The molecule has 1 atom stereocenters. The Bertz CT molecular complexity index is 702. The quantitative estimate of drug-likeness (QED) is 0.844. The number of aryl methyl sites for hydroxylation is 1. The molecule has 3 rings (SSSR count). The van der Waals surface area contributed by atoms with Crippen molar-refractivity contribution in [2.24, 2.45) is 0 Å². The van der Waals surface area contributed by atoms with Gasteiger partial charge in [0.05, 0.1) is 18.6 Å². The normalized spacial score (nSPS) is 16.5. The van der Waals surface area contributed by atoms with Crippen molar-refractivity contribution in [3.8, 4) is 5.75 Å². The highest BCUT2D eigenvalue weighted by molar-refractivity contribution is 7.09. The maximum atomic E-state index is 12.1. The first-order chi connectivity index (χ1) is 11.4. The van der Waals surface area contributed by atoms with Crippen molar-refractivity contribution in [1.29, 1.82) is 0 Å². The van der Waals surface area contributed by atoms with Crippen molar-refractivity contribution in [3.63, 3.8) is 0 Å². The Morgan fingerprint density at radius 2 is 2.21 bits per heavy atom. The van der Waals surface area contributed by atoms with Gasteiger partial charge in [0.15, 0.2) is 0 Å². The molecule has 5 nitrogen and oxygen atoms in total. The van der Waals surface area contributed by atoms with Crippen molar-refractivity contribution in [2.75, 3.05) is 13.1 Å². The number of amides is 1. The summed E-state index contributed by atoms with van der Waals surface area (Å²) in [4.78, 5) is 16.6. The Labute approximate surface area is 146 Å². The summed E-state index contributed by atoms with van der Waals surface area (Å²) in [5.74, 6) is 0.894. The third-order valence-corrected chi connectivity index (χ3v) is 5.37. The Balaban J connectivity index is 1.44. The first-order valence-corrected chi connectivity index (χ1v) is 9.01. The molecule has 128 valence electrons. The van der Waals surface area contributed by atoms with Crippen LogP contribution in [0.5, 0.6) is 5.75 Å². The number of hydrogen-bond donors (Lipinski definition) is 2. The molecule has 0 saturated carbocycles. The standard InChI is InChI=1S/C18H23N3O2S/c1-12-11-24-17(21-12)18(2,3)20-10-16(22)19-9-14-8-13-6-4-5-7-15(13)23-14/h4-7,11,14,20H,8-10H2,1-3H3,(H,19,22). The molecule has 0 fully saturated rings. The van der Waals surface area contributed by atoms with Gasteiger partial charge in [0, 0.05) is 17.5 Å². The summed E-state index contributed by atoms with van der Waals surface area (Å²) in [5.41, 5.74) is 1.89. The number of benzene rings is 1. The van der Waals surface area contributed by atoms with Crippen molar-refractivity contribution < 1.29 is 9.53 Å². The largest absolute Gasteiger partial charge is 0.488 e. The lowest BCUT2D eigenvalue weighted by atomic mass is 10.1. The van der Waals surface area contributed by atoms with E-state index in [0.29, 0.717) is 6.54 Å². The lowest BCUT2D eigenvalue weighted by Crippen LogP contribution is -2.45. The van der Waals surface area contributed by atoms with Crippen molar-refractivity contribution in [3.05, 3.63) is 45.9 Å². The van der Waals surface area contributed by atoms with Gasteiger partial charge in [0.2, 0.25) is 5.91 Å². The summed E-state index contributed by atoms with van der Waals surface area (Å²) in [6.07, 6.45) is 0.856. The van der Waals surface area contributed by atoms with Gasteiger partial charge in [-0.15, -0.1) is 11.3 Å². The van der Waals surface area contributed by atoms with Gasteiger partial charge >= 0.3 is 0 Å². The predicted molar refractivity (Wildman–Crippen MR) is 95.5 cm³/mol. The van der Waals surface area contributed by atoms with Gasteiger partial charge in [0.25, 0.3) is 0 Å². The summed E-state index contributed by atoms with van der Waals surface area (Å²) >= 11 is 1.61. The van der Waals surface area contributed by atoms with E-state index in [9.17, 15) is 4.79 Å². The Kier molecular flexibility index (Phi) is 4.87. The minimum Gasteiger partial charge on any atom is -0.488 e. The number of ether oxygens (including phenoxy) is 1. The molecular formula is C18H23N3O2S. The molecule has 1 aromatic carbocycles. The molecule has 0 spiro atoms. The highest BCUT2D eigenvalue weighted by atomic mass is 32.1. The Morgan fingerprint density at radius 3 is 2.92 bits per heavy atom. The second kappa shape index (κ2) is 6.91. The minimum absolute atomic E-state index is 0.0148. The zero-order chi connectivity index (χ0) is 17.2. The molecule has 1 amide bonds. The SMILES string of the molecule is Cc1csc(C(C)(C)NCC(=O)NCC2Cc3ccccc3O2)n1. The lowest BCUT2D eigenvalue weighted by Gasteiger charge is -2.23. The van der Waals surface area contributed by atoms with Gasteiger partial charge in [0.1, 0.15) is 16.9 Å². The summed E-state index contributed by atoms with van der Waals surface area (Å²) < 4.78 is 5.83. The zero-order valence-corrected chi connectivity index (χ0v) is 15.1. The highest BCUT2D eigenvalue weighted by Gasteiger charge is 2.25. The minimum atomic E-state index is -0.323.